The van der Waals surface area contributed by atoms with Gasteiger partial charge in [-0.15, -0.1) is 0 Å². The fourth-order valence-corrected chi connectivity index (χ4v) is 3.05. The zero-order valence-corrected chi connectivity index (χ0v) is 23.7. The molecule has 10 heteroatoms. The number of rotatable bonds is 8. The number of nitrogens with two attached hydrogens (primary N) is 1. The van der Waals surface area contributed by atoms with Crippen LogP contribution in [0.25, 0.3) is 0 Å². The number of esters is 1. The van der Waals surface area contributed by atoms with Crippen molar-refractivity contribution in [1.82, 2.24) is 10.6 Å². The minimum Gasteiger partial charge on any atom is -0.467 e. The Bertz CT molecular complexity index is 678. The van der Waals surface area contributed by atoms with E-state index in [0.717, 1.165) is 0 Å². The number of hydrogen-bond acceptors (Lipinski definition) is 5. The molecule has 20 radical (unpaired) electrons. The summed E-state index contributed by atoms with van der Waals surface area (Å²) in [6.07, 6.45) is 34.4. The minimum absolute atomic E-state index is 0. The molecule has 0 aromatic rings. The number of methoxy groups -OCH3 is 1. The maximum atomic E-state index is 12.1. The Morgan fingerprint density at radius 1 is 0.744 bits per heavy atom. The van der Waals surface area contributed by atoms with Crippen molar-refractivity contribution in [1.29, 1.82) is 0 Å². The number of nitrogens with one attached hydrogen (secondary N) is 2. The average Bonchev–Trinajstić information content (AvgIpc) is 3.74. The molecule has 0 saturated heterocycles. The van der Waals surface area contributed by atoms with Crippen molar-refractivity contribution >= 4 is 23.7 Å². The Morgan fingerprint density at radius 3 is 1.56 bits per heavy atom. The van der Waals surface area contributed by atoms with Gasteiger partial charge in [0.2, 0.25) is 11.8 Å². The van der Waals surface area contributed by atoms with Gasteiger partial charge in [0.05, 0.1) is 18.9 Å². The van der Waals surface area contributed by atoms with Crippen LogP contribution in [-0.4, -0.2) is 43.4 Å². The van der Waals surface area contributed by atoms with Crippen LogP contribution in [0.15, 0.2) is 4.99 Å². The maximum Gasteiger partial charge on any atom is 2.00 e. The van der Waals surface area contributed by atoms with Gasteiger partial charge in [0.1, 0.15) is 6.04 Å². The van der Waals surface area contributed by atoms with Gasteiger partial charge in [0.15, 0.2) is 5.96 Å². The molecule has 0 spiro atoms. The molecular formula is C29H32Fe2N4O4+4. The van der Waals surface area contributed by atoms with Crippen LogP contribution in [0.1, 0.15) is 12.8 Å². The molecule has 4 rings (SSSR count). The summed E-state index contributed by atoms with van der Waals surface area (Å²) in [7, 11) is 1.26. The van der Waals surface area contributed by atoms with Crippen molar-refractivity contribution in [3.05, 3.63) is 127 Å². The zero-order valence-electron chi connectivity index (χ0n) is 21.5. The monoisotopic (exact) mass is 612 g/mol. The number of hydrogen-bond donors (Lipinski definition) is 3. The Labute approximate surface area is 257 Å². The van der Waals surface area contributed by atoms with Gasteiger partial charge in [-0.3, -0.25) is 19.9 Å². The van der Waals surface area contributed by atoms with Crippen LogP contribution in [0.3, 0.4) is 0 Å². The van der Waals surface area contributed by atoms with Crippen molar-refractivity contribution in [3.63, 3.8) is 0 Å². The molecule has 0 aliphatic heterocycles. The van der Waals surface area contributed by atoms with Crippen molar-refractivity contribution in [2.24, 2.45) is 10.7 Å². The van der Waals surface area contributed by atoms with Gasteiger partial charge in [0.25, 0.3) is 0 Å². The van der Waals surface area contributed by atoms with Gasteiger partial charge in [-0.05, 0) is 128 Å². The van der Waals surface area contributed by atoms with E-state index in [1.165, 1.54) is 7.11 Å². The standard InChI is InChI=1S/C19H22N4O4.2C5H5.2Fe/c1-27-18(26)15(22-16(24)13-7-2-3-8-13)11-6-12-21-19(20)23-17(25)14-9-4-5-10-14;2*1-2-4-5-3-1;;/h2-5,7-10,15H,6,11-12H2,1H3,(H,22,24)(H3,20,21,23,25);2*1-5H;;/q;;;2*+2/t15-;;;;/m0..../s1. The first-order chi connectivity index (χ1) is 18.0. The molecule has 4 fully saturated rings. The fraction of sp³-hybridized carbons (Fsp3) is 0.172. The SMILES string of the molecule is COC(=O)[C@H](CCCN=C(N)NC(=O)[C]1[CH][CH][CH][CH]1)NC(=O)[C]1[CH][CH][CH][CH]1.[CH]1[CH][CH][CH][CH]1.[CH]1[CH][CH][CH][CH]1.[Fe+2].[Fe+2]. The third kappa shape index (κ3) is 16.7. The van der Waals surface area contributed by atoms with Crippen LogP contribution >= 0.6 is 0 Å². The molecule has 4 saturated carbocycles. The van der Waals surface area contributed by atoms with E-state index >= 15 is 0 Å². The van der Waals surface area contributed by atoms with Crippen molar-refractivity contribution in [3.8, 4) is 0 Å². The molecule has 4 aliphatic carbocycles. The van der Waals surface area contributed by atoms with Crippen LogP contribution in [0.2, 0.25) is 0 Å². The Balaban J connectivity index is 0.000000998. The number of guanidine groups is 1. The predicted octanol–water partition coefficient (Wildman–Crippen LogP) is 1.70. The third-order valence-corrected chi connectivity index (χ3v) is 4.93. The van der Waals surface area contributed by atoms with E-state index in [2.05, 4.69) is 15.6 Å². The second kappa shape index (κ2) is 23.6. The quantitative estimate of drug-likeness (QED) is 0.127. The summed E-state index contributed by atoms with van der Waals surface area (Å²) in [5.74, 6) is -0.250. The van der Waals surface area contributed by atoms with E-state index in [9.17, 15) is 14.4 Å². The summed E-state index contributed by atoms with van der Waals surface area (Å²) >= 11 is 0. The number of carbonyl (C=O) groups excluding carboxylic acids is 3. The van der Waals surface area contributed by atoms with E-state index < -0.39 is 12.0 Å². The largest absolute Gasteiger partial charge is 2.00 e. The number of ether oxygens (including phenoxy) is 1. The van der Waals surface area contributed by atoms with E-state index in [0.29, 0.717) is 24.7 Å². The Hall–Kier alpha value is -1.08. The average molecular weight is 612 g/mol. The van der Waals surface area contributed by atoms with E-state index in [-0.39, 0.29) is 58.5 Å². The molecular weight excluding hydrogens is 580 g/mol. The van der Waals surface area contributed by atoms with Crippen LogP contribution < -0.4 is 16.4 Å². The minimum atomic E-state index is -0.785. The van der Waals surface area contributed by atoms with Gasteiger partial charge in [-0.1, -0.05) is 0 Å². The van der Waals surface area contributed by atoms with Crippen LogP contribution in [0.5, 0.6) is 0 Å². The van der Waals surface area contributed by atoms with E-state index in [1.807, 2.05) is 64.2 Å². The Morgan fingerprint density at radius 2 is 1.15 bits per heavy atom. The number of amides is 2. The molecule has 4 N–H and O–H groups in total. The van der Waals surface area contributed by atoms with Gasteiger partial charge in [-0.2, -0.15) is 0 Å². The van der Waals surface area contributed by atoms with Crippen molar-refractivity contribution in [2.75, 3.05) is 13.7 Å². The second-order valence-electron chi connectivity index (χ2n) is 7.68. The molecule has 0 heterocycles. The summed E-state index contributed by atoms with van der Waals surface area (Å²) in [4.78, 5) is 39.9. The molecule has 39 heavy (non-hydrogen) atoms. The molecule has 204 valence electrons. The van der Waals surface area contributed by atoms with E-state index in [1.54, 1.807) is 51.4 Å². The normalized spacial score (nSPS) is 19.8. The fourth-order valence-electron chi connectivity index (χ4n) is 3.05. The Kier molecular flexibility index (Phi) is 23.0. The summed E-state index contributed by atoms with van der Waals surface area (Å²) in [6.45, 7) is 0.285. The molecule has 0 bridgehead atoms. The van der Waals surface area contributed by atoms with Crippen LogP contribution in [0, 0.1) is 127 Å². The van der Waals surface area contributed by atoms with Crippen LogP contribution in [0.4, 0.5) is 0 Å². The molecule has 0 aromatic carbocycles. The molecule has 8 nitrogen and oxygen atoms in total. The topological polar surface area (TPSA) is 123 Å². The summed E-state index contributed by atoms with van der Waals surface area (Å²) in [5, 5.41) is 5.13. The molecule has 2 amide bonds. The molecule has 0 aromatic heterocycles. The first-order valence-electron chi connectivity index (χ1n) is 11.8. The first-order valence-corrected chi connectivity index (χ1v) is 11.8. The van der Waals surface area contributed by atoms with Gasteiger partial charge < -0.3 is 15.8 Å². The van der Waals surface area contributed by atoms with Crippen molar-refractivity contribution in [2.45, 2.75) is 18.9 Å². The summed E-state index contributed by atoms with van der Waals surface area (Å²) < 4.78 is 4.73. The maximum absolute atomic E-state index is 12.1. The third-order valence-electron chi connectivity index (χ3n) is 4.93. The van der Waals surface area contributed by atoms with Gasteiger partial charge in [-0.25, -0.2) is 4.79 Å². The van der Waals surface area contributed by atoms with Crippen LogP contribution in [-0.2, 0) is 53.3 Å². The predicted molar refractivity (Wildman–Crippen MR) is 142 cm³/mol. The molecule has 1 atom stereocenters. The molecule has 4 aliphatic rings. The van der Waals surface area contributed by atoms with Gasteiger partial charge in [0, 0.05) is 6.54 Å². The molecule has 0 unspecified atom stereocenters. The first kappa shape index (κ1) is 37.9. The zero-order chi connectivity index (χ0) is 26.7. The van der Waals surface area contributed by atoms with E-state index in [4.69, 9.17) is 10.5 Å². The summed E-state index contributed by atoms with van der Waals surface area (Å²) in [6, 6.07) is -0.785. The van der Waals surface area contributed by atoms with Gasteiger partial charge >= 0.3 is 40.1 Å². The van der Waals surface area contributed by atoms with Crippen molar-refractivity contribution < 1.29 is 53.3 Å². The number of nitrogens with zero attached hydrogens (tertiary/aromatic N) is 1. The number of aliphatic imine (C=N–C) groups is 1. The smallest absolute Gasteiger partial charge is 0.467 e. The number of carbonyl (C=O) groups is 3. The summed E-state index contributed by atoms with van der Waals surface area (Å²) in [5.41, 5.74) is 5.69. The second-order valence-corrected chi connectivity index (χ2v) is 7.68.